The summed E-state index contributed by atoms with van der Waals surface area (Å²) in [5.41, 5.74) is 0. The summed E-state index contributed by atoms with van der Waals surface area (Å²) >= 11 is 0. The molecule has 0 bridgehead atoms. The fourth-order valence-corrected chi connectivity index (χ4v) is 1.39. The molecule has 19 heavy (non-hydrogen) atoms. The summed E-state index contributed by atoms with van der Waals surface area (Å²) in [6.07, 6.45) is -0.256. The zero-order valence-corrected chi connectivity index (χ0v) is 12.2. The molecule has 0 spiro atoms. The van der Waals surface area contributed by atoms with Gasteiger partial charge in [-0.3, -0.25) is 9.59 Å². The van der Waals surface area contributed by atoms with Gasteiger partial charge in [0.25, 0.3) is 0 Å². The van der Waals surface area contributed by atoms with E-state index in [-0.39, 0.29) is 31.0 Å². The number of ether oxygens (including phenoxy) is 2. The summed E-state index contributed by atoms with van der Waals surface area (Å²) in [6, 6.07) is -0.820. The van der Waals surface area contributed by atoms with Gasteiger partial charge < -0.3 is 14.8 Å². The van der Waals surface area contributed by atoms with Gasteiger partial charge in [-0.1, -0.05) is 0 Å². The molecule has 1 amide bonds. The Labute approximate surface area is 113 Å². The first-order valence-corrected chi connectivity index (χ1v) is 6.39. The summed E-state index contributed by atoms with van der Waals surface area (Å²) in [7, 11) is 0. The minimum absolute atomic E-state index is 0.0519. The number of amides is 1. The molecule has 0 saturated carbocycles. The van der Waals surface area contributed by atoms with Crippen LogP contribution in [0.2, 0.25) is 0 Å². The van der Waals surface area contributed by atoms with Crippen molar-refractivity contribution in [1.29, 1.82) is 0 Å². The number of hydrogen-bond donors (Lipinski definition) is 1. The van der Waals surface area contributed by atoms with E-state index in [0.29, 0.717) is 0 Å². The molecule has 6 heteroatoms. The lowest BCUT2D eigenvalue weighted by molar-refractivity contribution is -0.152. The van der Waals surface area contributed by atoms with Crippen LogP contribution in [0.15, 0.2) is 0 Å². The Morgan fingerprint density at radius 3 is 1.95 bits per heavy atom. The van der Waals surface area contributed by atoms with Gasteiger partial charge in [-0.2, -0.15) is 0 Å². The molecule has 0 saturated heterocycles. The molecule has 110 valence electrons. The van der Waals surface area contributed by atoms with Crippen LogP contribution in [-0.4, -0.2) is 36.1 Å². The van der Waals surface area contributed by atoms with E-state index in [9.17, 15) is 14.4 Å². The molecule has 1 N–H and O–H groups in total. The second-order valence-electron chi connectivity index (χ2n) is 4.82. The van der Waals surface area contributed by atoms with Crippen LogP contribution in [-0.2, 0) is 23.9 Å². The summed E-state index contributed by atoms with van der Waals surface area (Å²) < 4.78 is 9.98. The predicted octanol–water partition coefficient (Wildman–Crippen LogP) is 1.17. The Balaban J connectivity index is 4.39. The van der Waals surface area contributed by atoms with Crippen molar-refractivity contribution in [3.63, 3.8) is 0 Å². The first-order valence-electron chi connectivity index (χ1n) is 6.39. The second kappa shape index (κ2) is 8.50. The number of hydrogen-bond acceptors (Lipinski definition) is 5. The normalized spacial score (nSPS) is 12.2. The van der Waals surface area contributed by atoms with Gasteiger partial charge in [-0.15, -0.1) is 0 Å². The van der Waals surface area contributed by atoms with E-state index in [1.807, 2.05) is 0 Å². The largest absolute Gasteiger partial charge is 0.463 e. The molecule has 0 aromatic heterocycles. The zero-order chi connectivity index (χ0) is 15.0. The van der Waals surface area contributed by atoms with Gasteiger partial charge in [-0.05, 0) is 34.1 Å². The smallest absolute Gasteiger partial charge is 0.328 e. The summed E-state index contributed by atoms with van der Waals surface area (Å²) in [5.74, 6) is -1.28. The molecule has 0 aromatic rings. The third-order valence-corrected chi connectivity index (χ3v) is 2.02. The molecular weight excluding hydrogens is 250 g/mol. The molecule has 0 heterocycles. The third kappa shape index (κ3) is 9.04. The number of carbonyl (C=O) groups excluding carboxylic acids is 3. The maximum Gasteiger partial charge on any atom is 0.328 e. The Kier molecular flexibility index (Phi) is 7.79. The number of carbonyl (C=O) groups is 3. The lowest BCUT2D eigenvalue weighted by atomic mass is 10.1. The van der Waals surface area contributed by atoms with Crippen LogP contribution in [0.4, 0.5) is 0 Å². The molecule has 0 aliphatic carbocycles. The maximum atomic E-state index is 11.7. The Morgan fingerprint density at radius 2 is 1.53 bits per heavy atom. The maximum absolute atomic E-state index is 11.7. The highest BCUT2D eigenvalue weighted by molar-refractivity contribution is 5.83. The van der Waals surface area contributed by atoms with Crippen LogP contribution in [0.5, 0.6) is 0 Å². The van der Waals surface area contributed by atoms with E-state index < -0.39 is 18.0 Å². The van der Waals surface area contributed by atoms with Crippen LogP contribution < -0.4 is 5.32 Å². The van der Waals surface area contributed by atoms with Crippen LogP contribution in [0.25, 0.3) is 0 Å². The standard InChI is InChI=1S/C13H23NO5/c1-8(2)18-12(16)7-6-11(14-10(5)15)13(17)19-9(3)4/h8-9,11H,6-7H2,1-5H3,(H,14,15)/t11-/m0/s1. The van der Waals surface area contributed by atoms with Crippen molar-refractivity contribution in [2.75, 3.05) is 0 Å². The van der Waals surface area contributed by atoms with Crippen molar-refractivity contribution in [3.8, 4) is 0 Å². The molecule has 0 aliphatic rings. The Hall–Kier alpha value is -1.59. The van der Waals surface area contributed by atoms with E-state index >= 15 is 0 Å². The van der Waals surface area contributed by atoms with Gasteiger partial charge in [0.2, 0.25) is 5.91 Å². The van der Waals surface area contributed by atoms with Crippen LogP contribution in [0, 0.1) is 0 Å². The highest BCUT2D eigenvalue weighted by atomic mass is 16.5. The zero-order valence-electron chi connectivity index (χ0n) is 12.2. The van der Waals surface area contributed by atoms with Crippen molar-refractivity contribution < 1.29 is 23.9 Å². The second-order valence-corrected chi connectivity index (χ2v) is 4.82. The highest BCUT2D eigenvalue weighted by Crippen LogP contribution is 2.05. The average molecular weight is 273 g/mol. The molecule has 0 radical (unpaired) electrons. The average Bonchev–Trinajstić information content (AvgIpc) is 2.21. The van der Waals surface area contributed by atoms with Crippen molar-refractivity contribution in [2.24, 2.45) is 0 Å². The van der Waals surface area contributed by atoms with Crippen LogP contribution in [0.3, 0.4) is 0 Å². The molecule has 0 aliphatic heterocycles. The number of rotatable bonds is 7. The van der Waals surface area contributed by atoms with Crippen LogP contribution >= 0.6 is 0 Å². The van der Waals surface area contributed by atoms with Crippen molar-refractivity contribution in [1.82, 2.24) is 5.32 Å². The molecule has 0 rings (SSSR count). The van der Waals surface area contributed by atoms with Gasteiger partial charge in [0.1, 0.15) is 6.04 Å². The minimum atomic E-state index is -0.820. The Morgan fingerprint density at radius 1 is 1.00 bits per heavy atom. The summed E-state index contributed by atoms with van der Waals surface area (Å²) in [5, 5.41) is 2.47. The van der Waals surface area contributed by atoms with Crippen molar-refractivity contribution >= 4 is 17.8 Å². The molecular formula is C13H23NO5. The monoisotopic (exact) mass is 273 g/mol. The number of esters is 2. The topological polar surface area (TPSA) is 81.7 Å². The van der Waals surface area contributed by atoms with Crippen LogP contribution in [0.1, 0.15) is 47.5 Å². The quantitative estimate of drug-likeness (QED) is 0.704. The van der Waals surface area contributed by atoms with Crippen molar-refractivity contribution in [3.05, 3.63) is 0 Å². The van der Waals surface area contributed by atoms with E-state index in [0.717, 1.165) is 0 Å². The van der Waals surface area contributed by atoms with Crippen molar-refractivity contribution in [2.45, 2.75) is 65.7 Å². The predicted molar refractivity (Wildman–Crippen MR) is 69.3 cm³/mol. The molecule has 0 unspecified atom stereocenters. The third-order valence-electron chi connectivity index (χ3n) is 2.02. The fraction of sp³-hybridized carbons (Fsp3) is 0.769. The van der Waals surface area contributed by atoms with E-state index in [4.69, 9.17) is 9.47 Å². The fourth-order valence-electron chi connectivity index (χ4n) is 1.39. The first kappa shape index (κ1) is 17.4. The molecule has 0 aromatic carbocycles. The van der Waals surface area contributed by atoms with E-state index in [2.05, 4.69) is 5.32 Å². The number of nitrogens with one attached hydrogen (secondary N) is 1. The van der Waals surface area contributed by atoms with E-state index in [1.165, 1.54) is 6.92 Å². The van der Waals surface area contributed by atoms with Gasteiger partial charge in [0.15, 0.2) is 0 Å². The van der Waals surface area contributed by atoms with Gasteiger partial charge in [-0.25, -0.2) is 4.79 Å². The van der Waals surface area contributed by atoms with E-state index in [1.54, 1.807) is 27.7 Å². The molecule has 0 fully saturated rings. The van der Waals surface area contributed by atoms with Gasteiger partial charge in [0.05, 0.1) is 12.2 Å². The van der Waals surface area contributed by atoms with Gasteiger partial charge >= 0.3 is 11.9 Å². The molecule has 6 nitrogen and oxygen atoms in total. The SMILES string of the molecule is CC(=O)N[C@@H](CCC(=O)OC(C)C)C(=O)OC(C)C. The minimum Gasteiger partial charge on any atom is -0.463 e. The first-order chi connectivity index (χ1) is 8.72. The summed E-state index contributed by atoms with van der Waals surface area (Å²) in [6.45, 7) is 8.24. The lowest BCUT2D eigenvalue weighted by Gasteiger charge is -2.18. The molecule has 1 atom stereocenters. The summed E-state index contributed by atoms with van der Waals surface area (Å²) in [4.78, 5) is 34.2. The lowest BCUT2D eigenvalue weighted by Crippen LogP contribution is -2.42. The van der Waals surface area contributed by atoms with Gasteiger partial charge in [0, 0.05) is 13.3 Å². The Bertz CT molecular complexity index is 325. The highest BCUT2D eigenvalue weighted by Gasteiger charge is 2.23.